The molecule has 0 saturated carbocycles. The molecule has 1 amide bonds. The highest BCUT2D eigenvalue weighted by Crippen LogP contribution is 2.13. The summed E-state index contributed by atoms with van der Waals surface area (Å²) in [6.45, 7) is 2.09. The van der Waals surface area contributed by atoms with Crippen LogP contribution in [0.4, 0.5) is 0 Å². The van der Waals surface area contributed by atoms with Gasteiger partial charge in [0.15, 0.2) is 5.69 Å². The molecule has 7 nitrogen and oxygen atoms in total. The molecule has 0 bridgehead atoms. The van der Waals surface area contributed by atoms with E-state index in [0.717, 1.165) is 16.9 Å². The molecule has 0 aliphatic heterocycles. The predicted molar refractivity (Wildman–Crippen MR) is 88.9 cm³/mol. The highest BCUT2D eigenvalue weighted by Gasteiger charge is 2.15. The van der Waals surface area contributed by atoms with Crippen LogP contribution >= 0.6 is 0 Å². The number of sulfonamides is 1. The van der Waals surface area contributed by atoms with E-state index in [4.69, 9.17) is 5.14 Å². The Morgan fingerprint density at radius 3 is 2.58 bits per heavy atom. The molecule has 0 aliphatic carbocycles. The van der Waals surface area contributed by atoms with Crippen LogP contribution < -0.4 is 10.5 Å². The van der Waals surface area contributed by atoms with Gasteiger partial charge >= 0.3 is 0 Å². The fraction of sp³-hybridized carbons (Fsp3) is 0.125. The molecule has 0 aliphatic rings. The fourth-order valence-corrected chi connectivity index (χ4v) is 2.94. The summed E-state index contributed by atoms with van der Waals surface area (Å²) in [4.78, 5) is 16.7. The number of amides is 1. The predicted octanol–water partition coefficient (Wildman–Crippen LogP) is 1.22. The molecule has 2 heterocycles. The number of nitrogens with two attached hydrogens (primary N) is 1. The highest BCUT2D eigenvalue weighted by molar-refractivity contribution is 7.89. The number of fused-ring (bicyclic) bond motifs is 1. The number of benzene rings is 1. The number of hydrogen-bond donors (Lipinski definition) is 2. The molecule has 124 valence electrons. The maximum absolute atomic E-state index is 12.4. The summed E-state index contributed by atoms with van der Waals surface area (Å²) in [6, 6.07) is 11.6. The number of nitrogens with one attached hydrogen (secondary N) is 1. The Morgan fingerprint density at radius 1 is 1.21 bits per heavy atom. The van der Waals surface area contributed by atoms with Crippen LogP contribution in [0.25, 0.3) is 5.52 Å². The van der Waals surface area contributed by atoms with Gasteiger partial charge in [-0.1, -0.05) is 18.2 Å². The Bertz CT molecular complexity index is 1010. The average Bonchev–Trinajstić information content (AvgIpc) is 2.90. The second-order valence-electron chi connectivity index (χ2n) is 5.34. The van der Waals surface area contributed by atoms with Crippen molar-refractivity contribution >= 4 is 21.4 Å². The van der Waals surface area contributed by atoms with E-state index in [1.165, 1.54) is 12.1 Å². The molecule has 8 heteroatoms. The summed E-state index contributed by atoms with van der Waals surface area (Å²) < 4.78 is 24.3. The van der Waals surface area contributed by atoms with E-state index in [2.05, 4.69) is 10.3 Å². The third-order valence-electron chi connectivity index (χ3n) is 3.64. The third kappa shape index (κ3) is 3.15. The smallest absolute Gasteiger partial charge is 0.272 e. The Balaban J connectivity index is 1.75. The summed E-state index contributed by atoms with van der Waals surface area (Å²) in [5, 5.41) is 7.84. The van der Waals surface area contributed by atoms with E-state index in [9.17, 15) is 13.2 Å². The monoisotopic (exact) mass is 344 g/mol. The largest absolute Gasteiger partial charge is 0.347 e. The Hall–Kier alpha value is -2.71. The maximum atomic E-state index is 12.4. The van der Waals surface area contributed by atoms with Crippen LogP contribution in [0.5, 0.6) is 0 Å². The first kappa shape index (κ1) is 16.2. The van der Waals surface area contributed by atoms with E-state index in [1.54, 1.807) is 12.1 Å². The van der Waals surface area contributed by atoms with Crippen LogP contribution in [0.1, 0.15) is 21.9 Å². The first-order valence-electron chi connectivity index (χ1n) is 7.20. The van der Waals surface area contributed by atoms with Crippen LogP contribution in [0.2, 0.25) is 0 Å². The molecule has 3 N–H and O–H groups in total. The molecule has 0 unspecified atom stereocenters. The van der Waals surface area contributed by atoms with Crippen molar-refractivity contribution in [2.75, 3.05) is 0 Å². The Kier molecular flexibility index (Phi) is 4.08. The zero-order valence-electron chi connectivity index (χ0n) is 12.9. The third-order valence-corrected chi connectivity index (χ3v) is 4.57. The van der Waals surface area contributed by atoms with Crippen LogP contribution in [0.3, 0.4) is 0 Å². The molecule has 0 saturated heterocycles. The van der Waals surface area contributed by atoms with E-state index in [-0.39, 0.29) is 17.3 Å². The minimum absolute atomic E-state index is 0.0355. The van der Waals surface area contributed by atoms with Gasteiger partial charge < -0.3 is 9.72 Å². The molecule has 0 radical (unpaired) electrons. The quantitative estimate of drug-likeness (QED) is 0.742. The number of carbonyl (C=O) groups excluding carboxylic acids is 1. The Morgan fingerprint density at radius 2 is 1.92 bits per heavy atom. The van der Waals surface area contributed by atoms with Crippen molar-refractivity contribution < 1.29 is 13.2 Å². The van der Waals surface area contributed by atoms with Crippen LogP contribution in [0.15, 0.2) is 53.6 Å². The summed E-state index contributed by atoms with van der Waals surface area (Å²) in [7, 11) is -3.72. The van der Waals surface area contributed by atoms with Gasteiger partial charge in [-0.2, -0.15) is 0 Å². The van der Waals surface area contributed by atoms with Crippen molar-refractivity contribution in [3.63, 3.8) is 0 Å². The topological polar surface area (TPSA) is 107 Å². The van der Waals surface area contributed by atoms with Crippen molar-refractivity contribution in [2.45, 2.75) is 18.4 Å². The van der Waals surface area contributed by atoms with Gasteiger partial charge in [0.1, 0.15) is 5.82 Å². The zero-order chi connectivity index (χ0) is 17.3. The number of primary sulfonamides is 1. The molecule has 0 fully saturated rings. The zero-order valence-corrected chi connectivity index (χ0v) is 13.7. The summed E-state index contributed by atoms with van der Waals surface area (Å²) >= 11 is 0. The van der Waals surface area contributed by atoms with Gasteiger partial charge in [0.05, 0.1) is 10.4 Å². The average molecular weight is 344 g/mol. The summed E-state index contributed by atoms with van der Waals surface area (Å²) in [5.74, 6) is 0.440. The van der Waals surface area contributed by atoms with E-state index >= 15 is 0 Å². The molecule has 3 rings (SSSR count). The van der Waals surface area contributed by atoms with Gasteiger partial charge in [0.2, 0.25) is 10.0 Å². The summed E-state index contributed by atoms with van der Waals surface area (Å²) in [5.41, 5.74) is 1.85. The summed E-state index contributed by atoms with van der Waals surface area (Å²) in [6.07, 6.45) is 1.85. The van der Waals surface area contributed by atoms with E-state index in [1.807, 2.05) is 35.7 Å². The van der Waals surface area contributed by atoms with Crippen molar-refractivity contribution in [3.8, 4) is 0 Å². The number of hydrogen-bond acceptors (Lipinski definition) is 4. The molecule has 24 heavy (non-hydrogen) atoms. The SMILES string of the molecule is Cc1nc(C(=O)NCc2ccc(S(N)(=O)=O)cc2)c2ccccn12. The fourth-order valence-electron chi connectivity index (χ4n) is 2.42. The number of nitrogens with zero attached hydrogens (tertiary/aromatic N) is 2. The normalized spacial score (nSPS) is 11.6. The van der Waals surface area contributed by atoms with E-state index in [0.29, 0.717) is 5.69 Å². The molecular weight excluding hydrogens is 328 g/mol. The second-order valence-corrected chi connectivity index (χ2v) is 6.90. The lowest BCUT2D eigenvalue weighted by molar-refractivity contribution is 0.0948. The number of imidazole rings is 1. The van der Waals surface area contributed by atoms with Gasteiger partial charge in [-0.3, -0.25) is 4.79 Å². The molecule has 2 aromatic heterocycles. The molecule has 1 aromatic carbocycles. The van der Waals surface area contributed by atoms with Crippen LogP contribution in [-0.2, 0) is 16.6 Å². The first-order chi connectivity index (χ1) is 11.4. The van der Waals surface area contributed by atoms with Crippen molar-refractivity contribution in [3.05, 3.63) is 65.7 Å². The van der Waals surface area contributed by atoms with Crippen LogP contribution in [-0.4, -0.2) is 23.7 Å². The molecular formula is C16H16N4O3S. The van der Waals surface area contributed by atoms with Gasteiger partial charge in [0.25, 0.3) is 5.91 Å². The standard InChI is InChI=1S/C16H16N4O3S/c1-11-19-15(14-4-2-3-9-20(11)14)16(21)18-10-12-5-7-13(8-6-12)24(17,22)23/h2-9H,10H2,1H3,(H,18,21)(H2,17,22,23). The molecule has 3 aromatic rings. The highest BCUT2D eigenvalue weighted by atomic mass is 32.2. The maximum Gasteiger partial charge on any atom is 0.272 e. The van der Waals surface area contributed by atoms with Crippen LogP contribution in [0, 0.1) is 6.92 Å². The van der Waals surface area contributed by atoms with Crippen molar-refractivity contribution in [1.29, 1.82) is 0 Å². The number of carbonyl (C=O) groups is 1. The van der Waals surface area contributed by atoms with E-state index < -0.39 is 10.0 Å². The first-order valence-corrected chi connectivity index (χ1v) is 8.74. The van der Waals surface area contributed by atoms with Crippen molar-refractivity contribution in [1.82, 2.24) is 14.7 Å². The number of aromatic nitrogens is 2. The number of aryl methyl sites for hydroxylation is 1. The minimum atomic E-state index is -3.72. The number of rotatable bonds is 4. The minimum Gasteiger partial charge on any atom is -0.347 e. The lowest BCUT2D eigenvalue weighted by atomic mass is 10.2. The lowest BCUT2D eigenvalue weighted by Gasteiger charge is -2.05. The lowest BCUT2D eigenvalue weighted by Crippen LogP contribution is -2.23. The van der Waals surface area contributed by atoms with Gasteiger partial charge in [-0.05, 0) is 36.8 Å². The van der Waals surface area contributed by atoms with Gasteiger partial charge in [-0.25, -0.2) is 18.5 Å². The van der Waals surface area contributed by atoms with Gasteiger partial charge in [0, 0.05) is 12.7 Å². The molecule has 0 spiro atoms. The van der Waals surface area contributed by atoms with Crippen molar-refractivity contribution in [2.24, 2.45) is 5.14 Å². The second kappa shape index (κ2) is 6.06. The molecule has 0 atom stereocenters. The Labute approximate surface area is 139 Å². The number of pyridine rings is 1. The van der Waals surface area contributed by atoms with Gasteiger partial charge in [-0.15, -0.1) is 0 Å².